The Kier molecular flexibility index (Phi) is 9.31. The van der Waals surface area contributed by atoms with Gasteiger partial charge in [0.2, 0.25) is 17.7 Å². The monoisotopic (exact) mass is 743 g/mol. The average Bonchev–Trinajstić information content (AvgIpc) is 3.86. The molecule has 0 spiro atoms. The summed E-state index contributed by atoms with van der Waals surface area (Å²) in [5, 5.41) is 13.8. The first kappa shape index (κ1) is 35.0. The summed E-state index contributed by atoms with van der Waals surface area (Å²) < 4.78 is 29.4. The van der Waals surface area contributed by atoms with E-state index in [0.29, 0.717) is 61.2 Å². The molecule has 0 radical (unpaired) electrons. The lowest BCUT2D eigenvalue weighted by Gasteiger charge is -2.32. The van der Waals surface area contributed by atoms with E-state index in [2.05, 4.69) is 21.5 Å². The number of hydrogen-bond acceptors (Lipinski definition) is 10. The Morgan fingerprint density at radius 3 is 2.60 bits per heavy atom. The zero-order chi connectivity index (χ0) is 37.0. The van der Waals surface area contributed by atoms with Crippen LogP contribution < -0.4 is 24.8 Å². The van der Waals surface area contributed by atoms with Crippen molar-refractivity contribution in [1.29, 1.82) is 0 Å². The van der Waals surface area contributed by atoms with Crippen LogP contribution in [0.15, 0.2) is 59.5 Å². The van der Waals surface area contributed by atoms with E-state index < -0.39 is 17.8 Å². The molecule has 3 amide bonds. The summed E-state index contributed by atoms with van der Waals surface area (Å²) in [6.07, 6.45) is 3.09. The molecular weight excluding hydrogens is 702 g/mol. The van der Waals surface area contributed by atoms with Crippen molar-refractivity contribution in [2.75, 3.05) is 50.2 Å². The number of nitrogens with one attached hydrogen (secondary N) is 2. The van der Waals surface area contributed by atoms with Gasteiger partial charge >= 0.3 is 5.69 Å². The number of benzene rings is 3. The number of carbonyl (C=O) groups excluding carboxylic acids is 3. The van der Waals surface area contributed by atoms with Crippen LogP contribution in [0.3, 0.4) is 0 Å². The molecular formula is C38H42FN7O6S. The molecule has 4 aliphatic rings. The van der Waals surface area contributed by atoms with E-state index in [9.17, 15) is 24.3 Å². The van der Waals surface area contributed by atoms with E-state index in [1.807, 2.05) is 23.1 Å². The number of imide groups is 1. The van der Waals surface area contributed by atoms with Crippen molar-refractivity contribution in [2.45, 2.75) is 44.1 Å². The lowest BCUT2D eigenvalue weighted by molar-refractivity contribution is -0.136. The number of phenols is 1. The highest BCUT2D eigenvalue weighted by atomic mass is 32.2. The van der Waals surface area contributed by atoms with Crippen LogP contribution in [0.1, 0.15) is 49.6 Å². The maximum absolute atomic E-state index is 15.6. The highest BCUT2D eigenvalue weighted by Gasteiger charge is 2.33. The zero-order valence-electron chi connectivity index (χ0n) is 29.5. The summed E-state index contributed by atoms with van der Waals surface area (Å²) in [5.74, 6) is -0.341. The van der Waals surface area contributed by atoms with Gasteiger partial charge in [0.25, 0.3) is 0 Å². The molecule has 15 heteroatoms. The zero-order valence-corrected chi connectivity index (χ0v) is 30.3. The van der Waals surface area contributed by atoms with Gasteiger partial charge in [0.1, 0.15) is 23.2 Å². The first-order valence-corrected chi connectivity index (χ1v) is 18.8. The molecule has 4 aliphatic heterocycles. The Bertz CT molecular complexity index is 2210. The van der Waals surface area contributed by atoms with E-state index in [0.717, 1.165) is 49.1 Å². The maximum Gasteiger partial charge on any atom is 0.329 e. The van der Waals surface area contributed by atoms with Crippen LogP contribution in [0.4, 0.5) is 10.1 Å². The van der Waals surface area contributed by atoms with Crippen molar-refractivity contribution in [1.82, 2.24) is 29.0 Å². The Morgan fingerprint density at radius 1 is 1.04 bits per heavy atom. The molecule has 3 N–H and O–H groups in total. The lowest BCUT2D eigenvalue weighted by atomic mass is 9.89. The fraction of sp³-hybridized carbons (Fsp3) is 0.421. The number of anilines is 1. The first-order valence-electron chi connectivity index (χ1n) is 18.0. The SMILES string of the molecule is C=C1CN(c2c(O)cc3ccc(OC[C@@H]4CCN(C(=O)CN5CCC(c6ccc7c(c6)n(C)c(=O)n7C6CCC(=O)NC6=O)CC5)C4)cc3c2F)SN1. The van der Waals surface area contributed by atoms with E-state index in [-0.39, 0.29) is 47.2 Å². The van der Waals surface area contributed by atoms with Crippen LogP contribution in [0.2, 0.25) is 0 Å². The number of aromatic hydroxyl groups is 1. The number of amides is 3. The Balaban J connectivity index is 0.837. The van der Waals surface area contributed by atoms with Crippen molar-refractivity contribution >= 4 is 57.3 Å². The number of piperidine rings is 2. The minimum absolute atomic E-state index is 0.105. The smallest absolute Gasteiger partial charge is 0.329 e. The number of imidazole rings is 1. The van der Waals surface area contributed by atoms with Gasteiger partial charge in [-0.25, -0.2) is 9.18 Å². The highest BCUT2D eigenvalue weighted by molar-refractivity contribution is 7.99. The van der Waals surface area contributed by atoms with Gasteiger partial charge in [0.15, 0.2) is 5.82 Å². The van der Waals surface area contributed by atoms with Crippen molar-refractivity contribution in [2.24, 2.45) is 13.0 Å². The molecule has 4 aromatic rings. The third-order valence-electron chi connectivity index (χ3n) is 11.1. The fourth-order valence-electron chi connectivity index (χ4n) is 8.11. The number of rotatable bonds is 8. The number of hydrogen-bond donors (Lipinski definition) is 3. The quantitative estimate of drug-likeness (QED) is 0.180. The number of phenolic OH excluding ortho intramolecular Hbond substituents is 1. The molecule has 13 nitrogen and oxygen atoms in total. The first-order chi connectivity index (χ1) is 25.5. The number of aryl methyl sites for hydroxylation is 1. The van der Waals surface area contributed by atoms with Crippen molar-refractivity contribution in [3.05, 3.63) is 76.6 Å². The van der Waals surface area contributed by atoms with Gasteiger partial charge in [-0.2, -0.15) is 0 Å². The molecule has 0 aliphatic carbocycles. The van der Waals surface area contributed by atoms with Gasteiger partial charge in [-0.15, -0.1) is 0 Å². The molecule has 4 saturated heterocycles. The van der Waals surface area contributed by atoms with Crippen molar-refractivity contribution in [3.63, 3.8) is 0 Å². The summed E-state index contributed by atoms with van der Waals surface area (Å²) in [6, 6.07) is 12.0. The fourth-order valence-corrected chi connectivity index (χ4v) is 8.89. The standard InChI is InChI=1S/C38H42FN7O6S/c1-22-18-45(53-41-22)36-32(47)16-26-3-5-27(17-28(26)35(36)39)52-21-23-9-14-44(19-23)34(49)20-43-12-10-24(11-13-43)25-4-6-29-31(15-25)42(2)38(51)46(29)30-7-8-33(48)40-37(30)50/h3-6,15-17,23-24,30,41,47H,1,7-14,18-21H2,2H3,(H,40,48,50)/t23-,30?/m1/s1. The average molecular weight is 744 g/mol. The Labute approximate surface area is 309 Å². The number of carbonyl (C=O) groups is 3. The molecule has 5 heterocycles. The van der Waals surface area contributed by atoms with Crippen LogP contribution in [0.25, 0.3) is 21.8 Å². The van der Waals surface area contributed by atoms with E-state index in [1.54, 1.807) is 40.2 Å². The minimum atomic E-state index is -0.714. The number of nitrogens with zero attached hydrogens (tertiary/aromatic N) is 5. The molecule has 0 bridgehead atoms. The molecule has 278 valence electrons. The largest absolute Gasteiger partial charge is 0.506 e. The molecule has 3 aromatic carbocycles. The molecule has 4 fully saturated rings. The summed E-state index contributed by atoms with van der Waals surface area (Å²) in [5.41, 5.74) is 3.11. The number of likely N-dealkylation sites (tertiary alicyclic amines) is 2. The number of halogens is 1. The van der Waals surface area contributed by atoms with Crippen molar-refractivity contribution in [3.8, 4) is 11.5 Å². The number of ether oxygens (including phenoxy) is 1. The van der Waals surface area contributed by atoms with Crippen molar-refractivity contribution < 1.29 is 28.6 Å². The summed E-state index contributed by atoms with van der Waals surface area (Å²) in [6.45, 7) is 7.85. The Hall–Kier alpha value is -5.02. The van der Waals surface area contributed by atoms with Crippen LogP contribution in [-0.4, -0.2) is 87.6 Å². The number of aromatic nitrogens is 2. The lowest BCUT2D eigenvalue weighted by Crippen LogP contribution is -2.44. The predicted molar refractivity (Wildman–Crippen MR) is 200 cm³/mol. The molecule has 53 heavy (non-hydrogen) atoms. The second-order valence-electron chi connectivity index (χ2n) is 14.6. The molecule has 0 saturated carbocycles. The van der Waals surface area contributed by atoms with Gasteiger partial charge in [-0.05, 0) is 86.0 Å². The molecule has 2 atom stereocenters. The van der Waals surface area contributed by atoms with Crippen LogP contribution >= 0.6 is 12.1 Å². The predicted octanol–water partition coefficient (Wildman–Crippen LogP) is 3.91. The van der Waals surface area contributed by atoms with E-state index in [4.69, 9.17) is 4.74 Å². The summed E-state index contributed by atoms with van der Waals surface area (Å²) in [7, 11) is 1.71. The van der Waals surface area contributed by atoms with E-state index in [1.165, 1.54) is 16.7 Å². The second kappa shape index (κ2) is 14.1. The maximum atomic E-state index is 15.6. The van der Waals surface area contributed by atoms with Crippen LogP contribution in [0.5, 0.6) is 11.5 Å². The molecule has 1 aromatic heterocycles. The van der Waals surface area contributed by atoms with Gasteiger partial charge in [-0.1, -0.05) is 18.7 Å². The molecule has 8 rings (SSSR count). The number of fused-ring (bicyclic) bond motifs is 2. The van der Waals surface area contributed by atoms with Gasteiger partial charge < -0.3 is 19.5 Å². The second-order valence-corrected chi connectivity index (χ2v) is 15.4. The third kappa shape index (κ3) is 6.71. The topological polar surface area (TPSA) is 141 Å². The summed E-state index contributed by atoms with van der Waals surface area (Å²) >= 11 is 1.18. The van der Waals surface area contributed by atoms with Crippen LogP contribution in [-0.2, 0) is 21.4 Å². The third-order valence-corrected chi connectivity index (χ3v) is 12.0. The minimum Gasteiger partial charge on any atom is -0.506 e. The van der Waals surface area contributed by atoms with E-state index >= 15 is 4.39 Å². The van der Waals surface area contributed by atoms with Gasteiger partial charge in [-0.3, -0.25) is 38.0 Å². The van der Waals surface area contributed by atoms with Gasteiger partial charge in [0.05, 0.1) is 42.9 Å². The van der Waals surface area contributed by atoms with Gasteiger partial charge in [0, 0.05) is 43.6 Å². The normalized spacial score (nSPS) is 21.5. The molecule has 1 unspecified atom stereocenters. The highest BCUT2D eigenvalue weighted by Crippen LogP contribution is 2.41. The Morgan fingerprint density at radius 2 is 1.85 bits per heavy atom. The van der Waals surface area contributed by atoms with Crippen LogP contribution in [0, 0.1) is 11.7 Å². The summed E-state index contributed by atoms with van der Waals surface area (Å²) in [4.78, 5) is 54.9.